The van der Waals surface area contributed by atoms with Gasteiger partial charge in [0, 0.05) is 73.5 Å². The van der Waals surface area contributed by atoms with Crippen molar-refractivity contribution in [1.29, 1.82) is 0 Å². The number of nitrogens with one attached hydrogen (secondary N) is 1. The van der Waals surface area contributed by atoms with Crippen molar-refractivity contribution in [2.75, 3.05) is 53.9 Å². The van der Waals surface area contributed by atoms with Gasteiger partial charge in [0.15, 0.2) is 5.96 Å². The van der Waals surface area contributed by atoms with Crippen LogP contribution in [0.4, 0.5) is 0 Å². The molecule has 24 heavy (non-hydrogen) atoms. The summed E-state index contributed by atoms with van der Waals surface area (Å²) in [7, 11) is 7.36. The van der Waals surface area contributed by atoms with Gasteiger partial charge in [0.2, 0.25) is 5.91 Å². The summed E-state index contributed by atoms with van der Waals surface area (Å²) in [5.41, 5.74) is 1.12. The smallest absolute Gasteiger partial charge is 0.223 e. The molecule has 1 saturated heterocycles. The second-order valence-electron chi connectivity index (χ2n) is 6.21. The molecule has 134 valence electrons. The lowest BCUT2D eigenvalue weighted by Gasteiger charge is -2.36. The normalized spacial score (nSPS) is 16.3. The number of carbonyl (C=O) groups excluding carboxylic acids is 1. The molecule has 0 atom stereocenters. The Morgan fingerprint density at radius 2 is 2.04 bits per heavy atom. The van der Waals surface area contributed by atoms with Crippen molar-refractivity contribution in [3.05, 3.63) is 18.0 Å². The van der Waals surface area contributed by atoms with E-state index in [1.807, 2.05) is 24.8 Å². The molecule has 0 bridgehead atoms. The summed E-state index contributed by atoms with van der Waals surface area (Å²) in [6.07, 6.45) is 2.38. The van der Waals surface area contributed by atoms with Crippen molar-refractivity contribution in [2.24, 2.45) is 12.0 Å². The fourth-order valence-corrected chi connectivity index (χ4v) is 2.74. The molecule has 0 unspecified atom stereocenters. The first-order valence-corrected chi connectivity index (χ1v) is 8.36. The first-order valence-electron chi connectivity index (χ1n) is 8.36. The van der Waals surface area contributed by atoms with E-state index in [9.17, 15) is 4.79 Å². The summed E-state index contributed by atoms with van der Waals surface area (Å²) in [6, 6.07) is 2.00. The van der Waals surface area contributed by atoms with E-state index in [-0.39, 0.29) is 5.91 Å². The molecule has 0 aromatic carbocycles. The Hall–Kier alpha value is -2.09. The molecule has 8 heteroatoms. The molecule has 8 nitrogen and oxygen atoms in total. The van der Waals surface area contributed by atoms with Crippen LogP contribution in [0, 0.1) is 0 Å². The van der Waals surface area contributed by atoms with Crippen LogP contribution in [-0.4, -0.2) is 90.2 Å². The van der Waals surface area contributed by atoms with Gasteiger partial charge in [-0.3, -0.25) is 19.4 Å². The zero-order valence-corrected chi connectivity index (χ0v) is 15.2. The molecule has 1 aromatic rings. The Bertz CT molecular complexity index is 559. The van der Waals surface area contributed by atoms with E-state index in [4.69, 9.17) is 0 Å². The number of hydrogen-bond acceptors (Lipinski definition) is 4. The largest absolute Gasteiger partial charge is 0.351 e. The van der Waals surface area contributed by atoms with E-state index in [1.165, 1.54) is 0 Å². The van der Waals surface area contributed by atoms with E-state index >= 15 is 0 Å². The average Bonchev–Trinajstić information content (AvgIpc) is 2.99. The van der Waals surface area contributed by atoms with E-state index in [0.29, 0.717) is 13.0 Å². The molecule has 1 aliphatic rings. The summed E-state index contributed by atoms with van der Waals surface area (Å²) in [5.74, 6) is 1.10. The maximum Gasteiger partial charge on any atom is 0.223 e. The molecule has 1 aromatic heterocycles. The van der Waals surface area contributed by atoms with Crippen LogP contribution in [0.1, 0.15) is 12.1 Å². The number of rotatable bonds is 5. The van der Waals surface area contributed by atoms with Crippen molar-refractivity contribution < 1.29 is 4.79 Å². The third-order valence-corrected chi connectivity index (χ3v) is 4.37. The first kappa shape index (κ1) is 18.3. The number of aliphatic imine (C=N–C) groups is 1. The average molecular weight is 335 g/mol. The zero-order valence-electron chi connectivity index (χ0n) is 15.2. The molecule has 2 rings (SSSR count). The number of guanidine groups is 1. The Kier molecular flexibility index (Phi) is 6.60. The highest BCUT2D eigenvalue weighted by Crippen LogP contribution is 2.04. The van der Waals surface area contributed by atoms with Crippen LogP contribution in [-0.2, 0) is 18.4 Å². The Morgan fingerprint density at radius 1 is 1.33 bits per heavy atom. The minimum absolute atomic E-state index is 0.186. The number of carbonyl (C=O) groups is 1. The van der Waals surface area contributed by atoms with Crippen molar-refractivity contribution in [2.45, 2.75) is 13.0 Å². The predicted octanol–water partition coefficient (Wildman–Crippen LogP) is -0.409. The number of amides is 1. The molecule has 1 aliphatic heterocycles. The number of piperazine rings is 1. The number of nitrogens with zero attached hydrogens (tertiary/aromatic N) is 6. The molecule has 1 fully saturated rings. The molecule has 0 saturated carbocycles. The highest BCUT2D eigenvalue weighted by Gasteiger charge is 2.20. The predicted molar refractivity (Wildman–Crippen MR) is 94.7 cm³/mol. The van der Waals surface area contributed by atoms with Crippen LogP contribution in [0.25, 0.3) is 0 Å². The lowest BCUT2D eigenvalue weighted by molar-refractivity contribution is -0.129. The SMILES string of the molecule is CN=C(NCc1ccnn1C)N1CCN(CCC(=O)N(C)C)CC1. The highest BCUT2D eigenvalue weighted by atomic mass is 16.2. The zero-order chi connectivity index (χ0) is 17.5. The molecule has 2 heterocycles. The van der Waals surface area contributed by atoms with Crippen molar-refractivity contribution in [3.8, 4) is 0 Å². The van der Waals surface area contributed by atoms with Gasteiger partial charge in [-0.05, 0) is 6.07 Å². The van der Waals surface area contributed by atoms with Gasteiger partial charge in [-0.25, -0.2) is 0 Å². The number of hydrogen-bond donors (Lipinski definition) is 1. The summed E-state index contributed by atoms with van der Waals surface area (Å²) < 4.78 is 1.86. The van der Waals surface area contributed by atoms with Crippen LogP contribution < -0.4 is 5.32 Å². The fourth-order valence-electron chi connectivity index (χ4n) is 2.74. The van der Waals surface area contributed by atoms with Gasteiger partial charge in [0.25, 0.3) is 0 Å². The third-order valence-electron chi connectivity index (χ3n) is 4.37. The van der Waals surface area contributed by atoms with E-state index in [1.54, 1.807) is 25.2 Å². The van der Waals surface area contributed by atoms with Gasteiger partial charge in [-0.15, -0.1) is 0 Å². The minimum Gasteiger partial charge on any atom is -0.351 e. The van der Waals surface area contributed by atoms with E-state index in [2.05, 4.69) is 25.2 Å². The first-order chi connectivity index (χ1) is 11.5. The Balaban J connectivity index is 1.75. The van der Waals surface area contributed by atoms with Gasteiger partial charge in [-0.2, -0.15) is 5.10 Å². The van der Waals surface area contributed by atoms with Gasteiger partial charge in [-0.1, -0.05) is 0 Å². The number of aromatic nitrogens is 2. The third kappa shape index (κ3) is 4.95. The van der Waals surface area contributed by atoms with Crippen LogP contribution in [0.15, 0.2) is 17.3 Å². The Morgan fingerprint density at radius 3 is 2.58 bits per heavy atom. The van der Waals surface area contributed by atoms with Gasteiger partial charge in [0.1, 0.15) is 0 Å². The maximum atomic E-state index is 11.7. The van der Waals surface area contributed by atoms with Crippen molar-refractivity contribution in [3.63, 3.8) is 0 Å². The van der Waals surface area contributed by atoms with Gasteiger partial charge in [0.05, 0.1) is 12.2 Å². The maximum absolute atomic E-state index is 11.7. The second-order valence-corrected chi connectivity index (χ2v) is 6.21. The van der Waals surface area contributed by atoms with E-state index in [0.717, 1.165) is 44.4 Å². The van der Waals surface area contributed by atoms with Crippen LogP contribution in [0.5, 0.6) is 0 Å². The van der Waals surface area contributed by atoms with Gasteiger partial charge < -0.3 is 15.1 Å². The fraction of sp³-hybridized carbons (Fsp3) is 0.688. The molecule has 0 radical (unpaired) electrons. The lowest BCUT2D eigenvalue weighted by Crippen LogP contribution is -2.52. The summed E-state index contributed by atoms with van der Waals surface area (Å²) >= 11 is 0. The van der Waals surface area contributed by atoms with Crippen LogP contribution in [0.3, 0.4) is 0 Å². The van der Waals surface area contributed by atoms with Crippen molar-refractivity contribution in [1.82, 2.24) is 29.8 Å². The minimum atomic E-state index is 0.186. The topological polar surface area (TPSA) is 69.0 Å². The quantitative estimate of drug-likeness (QED) is 0.585. The molecule has 1 N–H and O–H groups in total. The summed E-state index contributed by atoms with van der Waals surface area (Å²) in [5, 5.41) is 7.57. The Labute approximate surface area is 144 Å². The highest BCUT2D eigenvalue weighted by molar-refractivity contribution is 5.80. The summed E-state index contributed by atoms with van der Waals surface area (Å²) in [6.45, 7) is 5.27. The second kappa shape index (κ2) is 8.68. The molecular weight excluding hydrogens is 306 g/mol. The molecule has 0 aliphatic carbocycles. The molecule has 1 amide bonds. The monoisotopic (exact) mass is 335 g/mol. The summed E-state index contributed by atoms with van der Waals surface area (Å²) in [4.78, 5) is 22.3. The van der Waals surface area contributed by atoms with E-state index < -0.39 is 0 Å². The van der Waals surface area contributed by atoms with Gasteiger partial charge >= 0.3 is 0 Å². The number of aryl methyl sites for hydroxylation is 1. The molecule has 0 spiro atoms. The van der Waals surface area contributed by atoms with Crippen LogP contribution >= 0.6 is 0 Å². The standard InChI is InChI=1S/C16H29N7O/c1-17-16(18-13-14-5-7-19-21(14)4)23-11-9-22(10-12-23)8-6-15(24)20(2)3/h5,7H,6,8-13H2,1-4H3,(H,17,18). The lowest BCUT2D eigenvalue weighted by atomic mass is 10.3. The van der Waals surface area contributed by atoms with Crippen molar-refractivity contribution >= 4 is 11.9 Å². The molecular formula is C16H29N7O. The van der Waals surface area contributed by atoms with Crippen LogP contribution in [0.2, 0.25) is 0 Å².